The Morgan fingerprint density at radius 1 is 1.17 bits per heavy atom. The number of nitrogens with zero attached hydrogens (tertiary/aromatic N) is 2. The van der Waals surface area contributed by atoms with Gasteiger partial charge in [0.1, 0.15) is 16.5 Å². The van der Waals surface area contributed by atoms with E-state index in [0.717, 1.165) is 18.5 Å². The molecule has 0 bridgehead atoms. The molecule has 0 atom stereocenters. The van der Waals surface area contributed by atoms with Gasteiger partial charge in [0.2, 0.25) is 0 Å². The largest absolute Gasteiger partial charge is 0.493 e. The average Bonchev–Trinajstić information content (AvgIpc) is 3.37. The van der Waals surface area contributed by atoms with Crippen LogP contribution in [0.4, 0.5) is 5.82 Å². The Morgan fingerprint density at radius 3 is 2.54 bits per heavy atom. The van der Waals surface area contributed by atoms with Gasteiger partial charge in [-0.2, -0.15) is 0 Å². The van der Waals surface area contributed by atoms with Crippen LogP contribution in [0.15, 0.2) is 29.2 Å². The van der Waals surface area contributed by atoms with Crippen molar-refractivity contribution in [3.05, 3.63) is 35.8 Å². The number of methoxy groups -OCH3 is 2. The number of rotatable bonds is 6. The van der Waals surface area contributed by atoms with Crippen molar-refractivity contribution in [2.24, 2.45) is 0 Å². The van der Waals surface area contributed by atoms with Crippen molar-refractivity contribution in [2.45, 2.75) is 30.6 Å². The third-order valence-corrected chi connectivity index (χ3v) is 5.13. The summed E-state index contributed by atoms with van der Waals surface area (Å²) < 4.78 is 38.4. The predicted molar refractivity (Wildman–Crippen MR) is 89.1 cm³/mol. The molecule has 1 aliphatic rings. The van der Waals surface area contributed by atoms with E-state index in [2.05, 4.69) is 14.7 Å². The van der Waals surface area contributed by atoms with Gasteiger partial charge in [0.05, 0.1) is 14.2 Å². The number of hydrogen-bond donors (Lipinski definition) is 1. The van der Waals surface area contributed by atoms with E-state index in [1.54, 1.807) is 25.1 Å². The number of benzene rings is 1. The van der Waals surface area contributed by atoms with Crippen LogP contribution in [-0.2, 0) is 10.0 Å². The molecular formula is C16H19N3O4S. The van der Waals surface area contributed by atoms with Crippen molar-refractivity contribution >= 4 is 15.8 Å². The van der Waals surface area contributed by atoms with E-state index in [1.165, 1.54) is 20.3 Å². The van der Waals surface area contributed by atoms with E-state index in [0.29, 0.717) is 17.5 Å². The molecule has 3 rings (SSSR count). The first-order valence-corrected chi connectivity index (χ1v) is 9.02. The summed E-state index contributed by atoms with van der Waals surface area (Å²) >= 11 is 0. The molecule has 0 unspecified atom stereocenters. The average molecular weight is 349 g/mol. The van der Waals surface area contributed by atoms with Gasteiger partial charge >= 0.3 is 0 Å². The summed E-state index contributed by atoms with van der Waals surface area (Å²) in [5.74, 6) is 1.70. The molecule has 1 N–H and O–H groups in total. The molecule has 24 heavy (non-hydrogen) atoms. The molecule has 8 heteroatoms. The summed E-state index contributed by atoms with van der Waals surface area (Å²) in [7, 11) is -1.02. The minimum absolute atomic E-state index is 0.00594. The Hall–Kier alpha value is -2.35. The zero-order valence-corrected chi connectivity index (χ0v) is 14.6. The Balaban J connectivity index is 1.98. The van der Waals surface area contributed by atoms with Crippen LogP contribution in [0.3, 0.4) is 0 Å². The van der Waals surface area contributed by atoms with E-state index < -0.39 is 10.0 Å². The number of aromatic nitrogens is 2. The van der Waals surface area contributed by atoms with Gasteiger partial charge in [-0.05, 0) is 31.9 Å². The second-order valence-electron chi connectivity index (χ2n) is 5.60. The Labute approximate surface area is 141 Å². The molecule has 128 valence electrons. The topological polar surface area (TPSA) is 90.4 Å². The molecule has 1 saturated carbocycles. The molecule has 1 aromatic heterocycles. The fourth-order valence-electron chi connectivity index (χ4n) is 2.49. The van der Waals surface area contributed by atoms with E-state index >= 15 is 0 Å². The number of ether oxygens (including phenoxy) is 2. The minimum Gasteiger partial charge on any atom is -0.493 e. The van der Waals surface area contributed by atoms with Crippen molar-refractivity contribution in [2.75, 3.05) is 18.9 Å². The van der Waals surface area contributed by atoms with Gasteiger partial charge in [0, 0.05) is 17.7 Å². The molecular weight excluding hydrogens is 330 g/mol. The van der Waals surface area contributed by atoms with Crippen molar-refractivity contribution in [3.8, 4) is 11.5 Å². The zero-order chi connectivity index (χ0) is 17.3. The summed E-state index contributed by atoms with van der Waals surface area (Å²) in [6, 6.07) is 6.38. The van der Waals surface area contributed by atoms with Crippen LogP contribution in [0.2, 0.25) is 0 Å². The van der Waals surface area contributed by atoms with Crippen LogP contribution in [0.1, 0.15) is 30.3 Å². The van der Waals surface area contributed by atoms with E-state index in [4.69, 9.17) is 9.47 Å². The van der Waals surface area contributed by atoms with Crippen molar-refractivity contribution in [3.63, 3.8) is 0 Å². The molecule has 0 amide bonds. The molecule has 1 heterocycles. The zero-order valence-electron chi connectivity index (χ0n) is 13.7. The lowest BCUT2D eigenvalue weighted by Crippen LogP contribution is -2.16. The maximum atomic E-state index is 12.8. The normalized spacial score (nSPS) is 14.3. The maximum absolute atomic E-state index is 12.8. The highest BCUT2D eigenvalue weighted by Crippen LogP contribution is 2.40. The van der Waals surface area contributed by atoms with Crippen LogP contribution in [0, 0.1) is 6.92 Å². The van der Waals surface area contributed by atoms with E-state index in [-0.39, 0.29) is 16.5 Å². The first-order chi connectivity index (χ1) is 11.4. The second-order valence-corrected chi connectivity index (χ2v) is 7.25. The number of para-hydroxylation sites is 1. The monoisotopic (exact) mass is 349 g/mol. The Kier molecular flexibility index (Phi) is 4.31. The first kappa shape index (κ1) is 16.5. The summed E-state index contributed by atoms with van der Waals surface area (Å²) in [4.78, 5) is 8.54. The van der Waals surface area contributed by atoms with Gasteiger partial charge in [0.15, 0.2) is 11.5 Å². The maximum Gasteiger partial charge on any atom is 0.266 e. The van der Waals surface area contributed by atoms with Crippen LogP contribution >= 0.6 is 0 Å². The fourth-order valence-corrected chi connectivity index (χ4v) is 3.67. The minimum atomic E-state index is -3.87. The van der Waals surface area contributed by atoms with Gasteiger partial charge in [-0.3, -0.25) is 4.72 Å². The highest BCUT2D eigenvalue weighted by atomic mass is 32.2. The summed E-state index contributed by atoms with van der Waals surface area (Å²) in [5, 5.41) is 0. The van der Waals surface area contributed by atoms with Gasteiger partial charge in [0.25, 0.3) is 10.0 Å². The summed E-state index contributed by atoms with van der Waals surface area (Å²) in [6.07, 6.45) is 2.15. The second kappa shape index (κ2) is 6.27. The number of hydrogen-bond acceptors (Lipinski definition) is 6. The van der Waals surface area contributed by atoms with Crippen LogP contribution < -0.4 is 14.2 Å². The third kappa shape index (κ3) is 3.28. The number of nitrogens with one attached hydrogen (secondary N) is 1. The number of sulfonamides is 1. The molecule has 0 radical (unpaired) electrons. The molecule has 2 aromatic rings. The van der Waals surface area contributed by atoms with Crippen LogP contribution in [-0.4, -0.2) is 32.6 Å². The van der Waals surface area contributed by atoms with Gasteiger partial charge in [-0.1, -0.05) is 6.07 Å². The van der Waals surface area contributed by atoms with E-state index in [9.17, 15) is 8.42 Å². The van der Waals surface area contributed by atoms with Crippen molar-refractivity contribution < 1.29 is 17.9 Å². The molecule has 7 nitrogen and oxygen atoms in total. The molecule has 1 aromatic carbocycles. The summed E-state index contributed by atoms with van der Waals surface area (Å²) in [6.45, 7) is 1.75. The molecule has 1 aliphatic carbocycles. The number of anilines is 1. The molecule has 0 aliphatic heterocycles. The van der Waals surface area contributed by atoms with Crippen molar-refractivity contribution in [1.82, 2.24) is 9.97 Å². The quantitative estimate of drug-likeness (QED) is 0.861. The first-order valence-electron chi connectivity index (χ1n) is 7.54. The van der Waals surface area contributed by atoms with Gasteiger partial charge in [-0.15, -0.1) is 0 Å². The SMILES string of the molecule is COc1cccc(S(=O)(=O)Nc2cc(C3CC3)nc(C)n2)c1OC. The van der Waals surface area contributed by atoms with Gasteiger partial charge in [-0.25, -0.2) is 18.4 Å². The standard InChI is InChI=1S/C16H19N3O4S/c1-10-17-12(11-7-8-11)9-15(18-10)19-24(20,21)14-6-4-5-13(22-2)16(14)23-3/h4-6,9,11H,7-8H2,1-3H3,(H,17,18,19). The lowest BCUT2D eigenvalue weighted by atomic mass is 10.3. The van der Waals surface area contributed by atoms with Crippen molar-refractivity contribution in [1.29, 1.82) is 0 Å². The molecule has 0 spiro atoms. The highest BCUT2D eigenvalue weighted by molar-refractivity contribution is 7.92. The predicted octanol–water partition coefficient (Wildman–Crippen LogP) is 2.48. The number of aryl methyl sites for hydroxylation is 1. The van der Waals surface area contributed by atoms with Gasteiger partial charge < -0.3 is 9.47 Å². The fraction of sp³-hybridized carbons (Fsp3) is 0.375. The molecule has 1 fully saturated rings. The third-order valence-electron chi connectivity index (χ3n) is 3.75. The van der Waals surface area contributed by atoms with E-state index in [1.807, 2.05) is 0 Å². The summed E-state index contributed by atoms with van der Waals surface area (Å²) in [5.41, 5.74) is 0.873. The smallest absolute Gasteiger partial charge is 0.266 e. The lowest BCUT2D eigenvalue weighted by molar-refractivity contribution is 0.347. The van der Waals surface area contributed by atoms with Crippen LogP contribution in [0.5, 0.6) is 11.5 Å². The highest BCUT2D eigenvalue weighted by Gasteiger charge is 2.27. The Bertz CT molecular complexity index is 864. The van der Waals surface area contributed by atoms with Crippen LogP contribution in [0.25, 0.3) is 0 Å². The lowest BCUT2D eigenvalue weighted by Gasteiger charge is -2.14. The molecule has 0 saturated heterocycles. The Morgan fingerprint density at radius 2 is 1.92 bits per heavy atom.